The van der Waals surface area contributed by atoms with E-state index in [4.69, 9.17) is 37.5 Å². The fourth-order valence-corrected chi connectivity index (χ4v) is 9.96. The molecule has 4 aliphatic rings. The van der Waals surface area contributed by atoms with Gasteiger partial charge in [0.25, 0.3) is 11.8 Å². The summed E-state index contributed by atoms with van der Waals surface area (Å²) in [5.74, 6) is -4.92. The van der Waals surface area contributed by atoms with Gasteiger partial charge in [-0.3, -0.25) is 24.2 Å². The van der Waals surface area contributed by atoms with Crippen molar-refractivity contribution in [2.45, 2.75) is 75.5 Å². The van der Waals surface area contributed by atoms with Gasteiger partial charge < -0.3 is 52.8 Å². The summed E-state index contributed by atoms with van der Waals surface area (Å²) in [5, 5.41) is 42.2. The Morgan fingerprint density at radius 3 is 1.38 bits per heavy atom. The standard InChI is InChI=1S/C28H28N2O8.C28H26N2O8.CH4/c2*1-30(2)23-22-19(37-27(33)36-16-18-11-7-4-8-12-18)13-14-20(31)28(22,34)25(32)21-24(23)38-29-26(21)35-15-17-9-5-3-6-10-17;/h3-14,19-20,22-23,31,34H,15-16H2,1-2H3;3-14,19,22-23,34H,15-16H2,1-2H3;1H4/t19-,20+,22-,23-,28+;19-,22-,23-,28+;/m00./s1. The normalized spacial score (nSPS) is 24.7. The second-order valence-electron chi connectivity index (χ2n) is 18.9. The Kier molecular flexibility index (Phi) is 16.6. The molecule has 0 fully saturated rings. The number of aliphatic hydroxyl groups excluding tert-OH is 1. The summed E-state index contributed by atoms with van der Waals surface area (Å²) in [6.45, 7) is 0.157. The minimum atomic E-state index is -2.54. The molecule has 2 heterocycles. The van der Waals surface area contributed by atoms with Gasteiger partial charge in [-0.15, -0.1) is 0 Å². The van der Waals surface area contributed by atoms with Crippen LogP contribution in [0.1, 0.15) is 74.0 Å². The van der Waals surface area contributed by atoms with E-state index in [0.29, 0.717) is 0 Å². The number of carbonyl (C=O) groups is 5. The molecule has 3 N–H and O–H groups in total. The molecule has 20 nitrogen and oxygen atoms in total. The number of rotatable bonds is 14. The highest BCUT2D eigenvalue weighted by Crippen LogP contribution is 2.52. The van der Waals surface area contributed by atoms with Gasteiger partial charge in [-0.1, -0.05) is 135 Å². The number of fused-ring (bicyclic) bond motifs is 4. The number of aliphatic hydroxyl groups is 3. The number of nitrogens with zero attached hydrogens (tertiary/aromatic N) is 4. The van der Waals surface area contributed by atoms with Crippen molar-refractivity contribution in [3.8, 4) is 11.8 Å². The van der Waals surface area contributed by atoms with Gasteiger partial charge in [0.05, 0.1) is 23.9 Å². The molecule has 0 unspecified atom stereocenters. The molecule has 2 aromatic heterocycles. The molecule has 0 radical (unpaired) electrons. The lowest BCUT2D eigenvalue weighted by atomic mass is 9.63. The molecular weight excluding hydrogens is 997 g/mol. The van der Waals surface area contributed by atoms with E-state index in [1.165, 1.54) is 18.2 Å². The highest BCUT2D eigenvalue weighted by atomic mass is 16.7. The first-order valence-electron chi connectivity index (χ1n) is 24.1. The summed E-state index contributed by atoms with van der Waals surface area (Å²) < 4.78 is 44.2. The minimum Gasteiger partial charge on any atom is -0.470 e. The summed E-state index contributed by atoms with van der Waals surface area (Å²) in [5.41, 5.74) is -1.88. The van der Waals surface area contributed by atoms with E-state index in [0.717, 1.165) is 28.3 Å². The zero-order chi connectivity index (χ0) is 53.7. The van der Waals surface area contributed by atoms with E-state index >= 15 is 0 Å². The Balaban J connectivity index is 0.000000201. The molecule has 6 aromatic rings. The van der Waals surface area contributed by atoms with Crippen molar-refractivity contribution in [1.29, 1.82) is 0 Å². The van der Waals surface area contributed by atoms with Crippen LogP contribution in [0.25, 0.3) is 0 Å². The van der Waals surface area contributed by atoms with Crippen molar-refractivity contribution in [1.82, 2.24) is 20.1 Å². The monoisotopic (exact) mass is 1050 g/mol. The van der Waals surface area contributed by atoms with Gasteiger partial charge in [0, 0.05) is 0 Å². The molecule has 9 atom stereocenters. The average Bonchev–Trinajstić information content (AvgIpc) is 4.07. The van der Waals surface area contributed by atoms with Crippen LogP contribution in [0, 0.1) is 11.8 Å². The van der Waals surface area contributed by atoms with Crippen LogP contribution in [-0.4, -0.2) is 123 Å². The minimum absolute atomic E-state index is 0. The number of ether oxygens (including phenoxy) is 6. The first-order valence-corrected chi connectivity index (χ1v) is 24.1. The van der Waals surface area contributed by atoms with Gasteiger partial charge in [0.1, 0.15) is 55.9 Å². The quantitative estimate of drug-likeness (QED) is 0.0566. The molecule has 4 aliphatic carbocycles. The van der Waals surface area contributed by atoms with Gasteiger partial charge >= 0.3 is 12.3 Å². The number of benzene rings is 4. The third kappa shape index (κ3) is 10.9. The first kappa shape index (κ1) is 55.0. The van der Waals surface area contributed by atoms with Crippen LogP contribution >= 0.6 is 0 Å². The molecule has 77 heavy (non-hydrogen) atoms. The van der Waals surface area contributed by atoms with Gasteiger partial charge in [0.15, 0.2) is 28.5 Å². The molecular formula is C57H58N4O16. The fourth-order valence-electron chi connectivity index (χ4n) is 9.96. The Labute approximate surface area is 443 Å². The summed E-state index contributed by atoms with van der Waals surface area (Å²) in [7, 11) is 6.80. The first-order chi connectivity index (χ1) is 36.6. The van der Waals surface area contributed by atoms with Crippen molar-refractivity contribution < 1.29 is 76.8 Å². The molecule has 0 bridgehead atoms. The molecule has 10 rings (SSSR count). The molecule has 0 saturated heterocycles. The predicted octanol–water partition coefficient (Wildman–Crippen LogP) is 6.95. The van der Waals surface area contributed by atoms with Crippen LogP contribution in [0.2, 0.25) is 0 Å². The second-order valence-corrected chi connectivity index (χ2v) is 18.9. The lowest BCUT2D eigenvalue weighted by molar-refractivity contribution is -0.145. The van der Waals surface area contributed by atoms with Crippen molar-refractivity contribution >= 4 is 29.7 Å². The van der Waals surface area contributed by atoms with Crippen LogP contribution in [0.4, 0.5) is 9.59 Å². The maximum Gasteiger partial charge on any atom is 0.509 e. The molecule has 4 aromatic carbocycles. The summed E-state index contributed by atoms with van der Waals surface area (Å²) in [6.07, 6.45) is -0.817. The fraction of sp³-hybridized carbons (Fsp3) is 0.316. The smallest absolute Gasteiger partial charge is 0.470 e. The van der Waals surface area contributed by atoms with Gasteiger partial charge in [0.2, 0.25) is 11.6 Å². The van der Waals surface area contributed by atoms with Crippen LogP contribution in [0.5, 0.6) is 11.8 Å². The number of aromatic nitrogens is 2. The van der Waals surface area contributed by atoms with Crippen molar-refractivity contribution in [3.63, 3.8) is 0 Å². The largest absolute Gasteiger partial charge is 0.509 e. The zero-order valence-corrected chi connectivity index (χ0v) is 41.7. The van der Waals surface area contributed by atoms with E-state index < -0.39 is 83.1 Å². The molecule has 402 valence electrons. The van der Waals surface area contributed by atoms with Crippen molar-refractivity contribution in [3.05, 3.63) is 191 Å². The summed E-state index contributed by atoms with van der Waals surface area (Å²) in [4.78, 5) is 69.1. The predicted molar refractivity (Wildman–Crippen MR) is 272 cm³/mol. The van der Waals surface area contributed by atoms with Crippen molar-refractivity contribution in [2.75, 3.05) is 28.2 Å². The lowest BCUT2D eigenvalue weighted by Crippen LogP contribution is -2.65. The maximum absolute atomic E-state index is 13.8. The summed E-state index contributed by atoms with van der Waals surface area (Å²) >= 11 is 0. The molecule has 0 aliphatic heterocycles. The highest BCUT2D eigenvalue weighted by molar-refractivity contribution is 6.23. The van der Waals surface area contributed by atoms with Crippen LogP contribution in [0.15, 0.2) is 155 Å². The van der Waals surface area contributed by atoms with Crippen LogP contribution in [-0.2, 0) is 50.2 Å². The molecule has 20 heteroatoms. The number of hydrogen-bond donors (Lipinski definition) is 3. The number of carbonyl (C=O) groups excluding carboxylic acids is 5. The van der Waals surface area contributed by atoms with Gasteiger partial charge in [-0.2, -0.15) is 0 Å². The van der Waals surface area contributed by atoms with Crippen molar-refractivity contribution in [2.24, 2.45) is 11.8 Å². The van der Waals surface area contributed by atoms with Crippen LogP contribution < -0.4 is 9.47 Å². The van der Waals surface area contributed by atoms with E-state index in [-0.39, 0.29) is 68.3 Å². The van der Waals surface area contributed by atoms with Gasteiger partial charge in [-0.05, 0) is 79.0 Å². The maximum atomic E-state index is 13.8. The van der Waals surface area contributed by atoms with E-state index in [9.17, 15) is 39.3 Å². The van der Waals surface area contributed by atoms with Gasteiger partial charge in [-0.25, -0.2) is 9.59 Å². The second kappa shape index (κ2) is 23.3. The zero-order valence-electron chi connectivity index (χ0n) is 41.7. The molecule has 0 saturated carbocycles. The Bertz CT molecular complexity index is 3110. The Morgan fingerprint density at radius 1 is 0.558 bits per heavy atom. The number of hydrogen-bond acceptors (Lipinski definition) is 20. The third-order valence-electron chi connectivity index (χ3n) is 13.6. The highest BCUT2D eigenvalue weighted by Gasteiger charge is 2.66. The Morgan fingerprint density at radius 2 is 0.948 bits per heavy atom. The third-order valence-corrected chi connectivity index (χ3v) is 13.6. The molecule has 0 amide bonds. The Hall–Kier alpha value is -8.27. The van der Waals surface area contributed by atoms with E-state index in [1.807, 2.05) is 97.1 Å². The SMILES string of the molecule is C.CN(C)[C@@H]1c2onc(OCc3ccccc3)c2C(=O)[C@@]2(O)C(=O)C=C[C@H](OC(=O)OCc3ccccc3)[C@@H]12.CN(C)[C@@H]1c2onc(OCc3ccccc3)c2C(=O)[C@]2(O)[C@H]1[C@@H](OC(=O)OCc1ccccc1)C=C[C@H]2O. The van der Waals surface area contributed by atoms with E-state index in [2.05, 4.69) is 10.3 Å². The average molecular weight is 1060 g/mol. The lowest BCUT2D eigenvalue weighted by Gasteiger charge is -2.49. The molecule has 0 spiro atoms. The number of Topliss-reactive ketones (excluding diaryl/α,β-unsaturated/α-hetero) is 2. The topological polar surface area (TPSA) is 260 Å². The van der Waals surface area contributed by atoms with E-state index in [1.54, 1.807) is 62.3 Å². The number of ketones is 3. The van der Waals surface area contributed by atoms with Crippen LogP contribution in [0.3, 0.4) is 0 Å². The summed E-state index contributed by atoms with van der Waals surface area (Å²) in [6, 6.07) is 35.0.